The van der Waals surface area contributed by atoms with Gasteiger partial charge in [0.05, 0.1) is 11.4 Å². The zero-order valence-electron chi connectivity index (χ0n) is 25.6. The molecule has 3 aromatic heterocycles. The number of aromatic nitrogens is 3. The highest BCUT2D eigenvalue weighted by molar-refractivity contribution is 6.14. The van der Waals surface area contributed by atoms with Crippen LogP contribution in [0.15, 0.2) is 176 Å². The van der Waals surface area contributed by atoms with E-state index in [9.17, 15) is 0 Å². The summed E-state index contributed by atoms with van der Waals surface area (Å²) in [6.07, 6.45) is 5.81. The summed E-state index contributed by atoms with van der Waals surface area (Å²) in [7, 11) is 0. The summed E-state index contributed by atoms with van der Waals surface area (Å²) in [5.74, 6) is 0. The maximum Gasteiger partial charge on any atom is 0.137 e. The van der Waals surface area contributed by atoms with Crippen LogP contribution in [-0.2, 0) is 0 Å². The predicted molar refractivity (Wildman–Crippen MR) is 195 cm³/mol. The van der Waals surface area contributed by atoms with Crippen molar-refractivity contribution in [3.8, 4) is 55.9 Å². The van der Waals surface area contributed by atoms with Crippen LogP contribution < -0.4 is 0 Å². The van der Waals surface area contributed by atoms with Crippen molar-refractivity contribution in [2.75, 3.05) is 0 Å². The van der Waals surface area contributed by atoms with E-state index in [-0.39, 0.29) is 0 Å². The van der Waals surface area contributed by atoms with Crippen LogP contribution in [0.5, 0.6) is 0 Å². The second-order valence-electron chi connectivity index (χ2n) is 11.9. The number of hydrogen-bond acceptors (Lipinski definition) is 2. The monoisotopic (exact) mass is 599 g/mol. The number of benzene rings is 6. The number of fused-ring (bicyclic) bond motifs is 4. The Balaban J connectivity index is 1.21. The average Bonchev–Trinajstić information content (AvgIpc) is 3.55. The lowest BCUT2D eigenvalue weighted by Crippen LogP contribution is -1.90. The Hall–Kier alpha value is -6.32. The SMILES string of the molecule is c1ccc(-c2c(-c3ccc(-c4cc(-c5ccncc5)cc(-c5cc6ccccc6c6ccccc56)c4)cc3)nc3ccccn23)cc1. The second-order valence-corrected chi connectivity index (χ2v) is 11.9. The Labute approximate surface area is 273 Å². The zero-order chi connectivity index (χ0) is 31.2. The summed E-state index contributed by atoms with van der Waals surface area (Å²) in [5.41, 5.74) is 12.3. The van der Waals surface area contributed by atoms with Crippen molar-refractivity contribution < 1.29 is 0 Å². The molecule has 0 bridgehead atoms. The summed E-state index contributed by atoms with van der Waals surface area (Å²) in [5, 5.41) is 5.03. The molecule has 0 atom stereocenters. The number of pyridine rings is 2. The first-order chi connectivity index (χ1) is 23.3. The van der Waals surface area contributed by atoms with E-state index in [2.05, 4.69) is 167 Å². The molecule has 47 heavy (non-hydrogen) atoms. The topological polar surface area (TPSA) is 30.2 Å². The van der Waals surface area contributed by atoms with Gasteiger partial charge in [0.2, 0.25) is 0 Å². The van der Waals surface area contributed by atoms with Gasteiger partial charge in [-0.15, -0.1) is 0 Å². The molecule has 0 saturated carbocycles. The van der Waals surface area contributed by atoms with Gasteiger partial charge in [-0.1, -0.05) is 109 Å². The first-order valence-corrected chi connectivity index (χ1v) is 15.9. The van der Waals surface area contributed by atoms with Crippen LogP contribution in [0.2, 0.25) is 0 Å². The van der Waals surface area contributed by atoms with E-state index < -0.39 is 0 Å². The lowest BCUT2D eigenvalue weighted by Gasteiger charge is -2.15. The molecule has 0 radical (unpaired) electrons. The lowest BCUT2D eigenvalue weighted by atomic mass is 9.89. The molecule has 9 aromatic rings. The third-order valence-electron chi connectivity index (χ3n) is 9.09. The molecule has 0 saturated heterocycles. The fraction of sp³-hybridized carbons (Fsp3) is 0. The Morgan fingerprint density at radius 1 is 0.404 bits per heavy atom. The smallest absolute Gasteiger partial charge is 0.137 e. The van der Waals surface area contributed by atoms with Gasteiger partial charge in [-0.05, 0) is 103 Å². The van der Waals surface area contributed by atoms with E-state index in [0.29, 0.717) is 0 Å². The van der Waals surface area contributed by atoms with Crippen LogP contribution >= 0.6 is 0 Å². The van der Waals surface area contributed by atoms with Gasteiger partial charge in [0, 0.05) is 29.7 Å². The van der Waals surface area contributed by atoms with Crippen LogP contribution in [0, 0.1) is 0 Å². The molecule has 0 N–H and O–H groups in total. The molecule has 0 aliphatic rings. The van der Waals surface area contributed by atoms with Crippen molar-refractivity contribution in [1.82, 2.24) is 14.4 Å². The zero-order valence-corrected chi connectivity index (χ0v) is 25.6. The molecular weight excluding hydrogens is 571 g/mol. The first kappa shape index (κ1) is 27.0. The summed E-state index contributed by atoms with van der Waals surface area (Å²) in [4.78, 5) is 9.36. The normalized spacial score (nSPS) is 11.4. The van der Waals surface area contributed by atoms with Gasteiger partial charge in [0.25, 0.3) is 0 Å². The maximum absolute atomic E-state index is 5.08. The minimum Gasteiger partial charge on any atom is -0.299 e. The Kier molecular flexibility index (Phi) is 6.46. The fourth-order valence-corrected chi connectivity index (χ4v) is 6.84. The van der Waals surface area contributed by atoms with Crippen LogP contribution in [0.4, 0.5) is 0 Å². The second kappa shape index (κ2) is 11.2. The molecular formula is C44H29N3. The molecule has 0 aliphatic heterocycles. The highest BCUT2D eigenvalue weighted by atomic mass is 15.0. The molecule has 3 heteroatoms. The molecule has 0 fully saturated rings. The fourth-order valence-electron chi connectivity index (χ4n) is 6.84. The Bertz CT molecular complexity index is 2550. The molecule has 6 aromatic carbocycles. The molecule has 220 valence electrons. The van der Waals surface area contributed by atoms with Gasteiger partial charge in [0.15, 0.2) is 0 Å². The summed E-state index contributed by atoms with van der Waals surface area (Å²) < 4.78 is 2.18. The number of rotatable bonds is 5. The van der Waals surface area contributed by atoms with E-state index in [0.717, 1.165) is 50.4 Å². The first-order valence-electron chi connectivity index (χ1n) is 15.9. The van der Waals surface area contributed by atoms with E-state index in [4.69, 9.17) is 4.98 Å². The minimum absolute atomic E-state index is 0.933. The molecule has 3 nitrogen and oxygen atoms in total. The van der Waals surface area contributed by atoms with Gasteiger partial charge < -0.3 is 0 Å². The van der Waals surface area contributed by atoms with Crippen molar-refractivity contribution >= 4 is 27.2 Å². The third-order valence-corrected chi connectivity index (χ3v) is 9.09. The third kappa shape index (κ3) is 4.77. The van der Waals surface area contributed by atoms with Gasteiger partial charge in [-0.3, -0.25) is 9.38 Å². The van der Waals surface area contributed by atoms with Crippen LogP contribution in [0.3, 0.4) is 0 Å². The van der Waals surface area contributed by atoms with E-state index >= 15 is 0 Å². The Morgan fingerprint density at radius 3 is 1.81 bits per heavy atom. The molecule has 0 amide bonds. The van der Waals surface area contributed by atoms with Crippen molar-refractivity contribution in [1.29, 1.82) is 0 Å². The minimum atomic E-state index is 0.933. The summed E-state index contributed by atoms with van der Waals surface area (Å²) >= 11 is 0. The standard InChI is InChI=1S/C44H29N3/c1-2-10-33(11-3-1)44-43(46-42-16-8-9-25-47(42)44)32-19-17-30(18-20-32)35-26-36(31-21-23-45-24-22-31)28-37(27-35)41-29-34-12-4-5-13-38(34)39-14-6-7-15-40(39)41/h1-29H. The van der Waals surface area contributed by atoms with Gasteiger partial charge in [0.1, 0.15) is 5.65 Å². The van der Waals surface area contributed by atoms with E-state index in [1.165, 1.54) is 32.7 Å². The maximum atomic E-state index is 5.08. The van der Waals surface area contributed by atoms with Crippen LogP contribution in [0.1, 0.15) is 0 Å². The lowest BCUT2D eigenvalue weighted by molar-refractivity contribution is 1.19. The highest BCUT2D eigenvalue weighted by Gasteiger charge is 2.17. The highest BCUT2D eigenvalue weighted by Crippen LogP contribution is 2.40. The predicted octanol–water partition coefficient (Wildman–Crippen LogP) is 11.4. The van der Waals surface area contributed by atoms with Gasteiger partial charge in [-0.2, -0.15) is 0 Å². The molecule has 0 spiro atoms. The number of hydrogen-bond donors (Lipinski definition) is 0. The Morgan fingerprint density at radius 2 is 1.02 bits per heavy atom. The number of imidazole rings is 1. The molecule has 3 heterocycles. The van der Waals surface area contributed by atoms with E-state index in [1.54, 1.807) is 0 Å². The van der Waals surface area contributed by atoms with Crippen molar-refractivity contribution in [2.24, 2.45) is 0 Å². The van der Waals surface area contributed by atoms with Crippen molar-refractivity contribution in [3.63, 3.8) is 0 Å². The molecule has 0 unspecified atom stereocenters. The van der Waals surface area contributed by atoms with Crippen molar-refractivity contribution in [3.05, 3.63) is 176 Å². The average molecular weight is 600 g/mol. The summed E-state index contributed by atoms with van der Waals surface area (Å²) in [6, 6.07) is 56.4. The van der Waals surface area contributed by atoms with Crippen LogP contribution in [-0.4, -0.2) is 14.4 Å². The summed E-state index contributed by atoms with van der Waals surface area (Å²) in [6.45, 7) is 0. The van der Waals surface area contributed by atoms with Crippen molar-refractivity contribution in [2.45, 2.75) is 0 Å². The van der Waals surface area contributed by atoms with E-state index in [1.807, 2.05) is 18.5 Å². The number of nitrogens with zero attached hydrogens (tertiary/aromatic N) is 3. The van der Waals surface area contributed by atoms with Crippen LogP contribution in [0.25, 0.3) is 83.1 Å². The largest absolute Gasteiger partial charge is 0.299 e. The molecule has 0 aliphatic carbocycles. The van der Waals surface area contributed by atoms with Gasteiger partial charge >= 0.3 is 0 Å². The quantitative estimate of drug-likeness (QED) is 0.184. The van der Waals surface area contributed by atoms with Gasteiger partial charge in [-0.25, -0.2) is 4.98 Å². The molecule has 9 rings (SSSR count).